The summed E-state index contributed by atoms with van der Waals surface area (Å²) in [5.41, 5.74) is 3.71. The van der Waals surface area contributed by atoms with E-state index in [4.69, 9.17) is 4.98 Å². The second kappa shape index (κ2) is 8.39. The normalized spacial score (nSPS) is 15.2. The highest BCUT2D eigenvalue weighted by Gasteiger charge is 2.26. The fourth-order valence-corrected chi connectivity index (χ4v) is 3.76. The van der Waals surface area contributed by atoms with Gasteiger partial charge in [0.25, 0.3) is 5.91 Å². The van der Waals surface area contributed by atoms with Gasteiger partial charge in [0.05, 0.1) is 5.69 Å². The van der Waals surface area contributed by atoms with Crippen LogP contribution in [0.25, 0.3) is 17.5 Å². The Morgan fingerprint density at radius 3 is 2.48 bits per heavy atom. The number of hydrogen-bond acceptors (Lipinski definition) is 4. The molecule has 1 aliphatic heterocycles. The minimum Gasteiger partial charge on any atom is -0.345 e. The molecule has 1 saturated heterocycles. The SMILES string of the molecule is C/C=C\c1nc(C2CCN(C(=O)c3ccc(-c4ncccn4)cc3)CC2)[nH]c1C. The summed E-state index contributed by atoms with van der Waals surface area (Å²) in [6.07, 6.45) is 9.30. The van der Waals surface area contributed by atoms with Crippen LogP contribution in [0.2, 0.25) is 0 Å². The molecule has 1 aromatic carbocycles. The summed E-state index contributed by atoms with van der Waals surface area (Å²) in [6, 6.07) is 9.32. The predicted octanol–water partition coefficient (Wildman–Crippen LogP) is 4.23. The number of rotatable bonds is 4. The maximum Gasteiger partial charge on any atom is 0.253 e. The highest BCUT2D eigenvalue weighted by Crippen LogP contribution is 2.28. The Bertz CT molecular complexity index is 1000. The summed E-state index contributed by atoms with van der Waals surface area (Å²) in [5.74, 6) is 2.15. The molecule has 0 unspecified atom stereocenters. The van der Waals surface area contributed by atoms with Gasteiger partial charge in [-0.2, -0.15) is 0 Å². The average Bonchev–Trinajstić information content (AvgIpc) is 3.15. The molecule has 1 N–H and O–H groups in total. The quantitative estimate of drug-likeness (QED) is 0.727. The number of aromatic nitrogens is 4. The van der Waals surface area contributed by atoms with Crippen LogP contribution in [0.5, 0.6) is 0 Å². The number of allylic oxidation sites excluding steroid dienone is 1. The molecule has 0 aliphatic carbocycles. The van der Waals surface area contributed by atoms with Gasteiger partial charge in [-0.1, -0.05) is 18.2 Å². The van der Waals surface area contributed by atoms with Gasteiger partial charge in [0.15, 0.2) is 5.82 Å². The maximum absolute atomic E-state index is 12.9. The molecule has 3 aromatic rings. The van der Waals surface area contributed by atoms with Crippen molar-refractivity contribution >= 4 is 12.0 Å². The van der Waals surface area contributed by atoms with E-state index in [2.05, 4.69) is 21.9 Å². The molecule has 6 heteroatoms. The van der Waals surface area contributed by atoms with Crippen molar-refractivity contribution in [3.8, 4) is 11.4 Å². The maximum atomic E-state index is 12.9. The lowest BCUT2D eigenvalue weighted by atomic mass is 9.95. The van der Waals surface area contributed by atoms with Crippen LogP contribution in [0, 0.1) is 6.92 Å². The van der Waals surface area contributed by atoms with Crippen molar-refractivity contribution in [3.05, 3.63) is 71.6 Å². The minimum absolute atomic E-state index is 0.0780. The molecule has 6 nitrogen and oxygen atoms in total. The number of piperidine rings is 1. The molecular formula is C23H25N5O. The molecule has 4 rings (SSSR count). The molecule has 29 heavy (non-hydrogen) atoms. The number of amides is 1. The summed E-state index contributed by atoms with van der Waals surface area (Å²) in [6.45, 7) is 5.53. The Hall–Kier alpha value is -3.28. The average molecular weight is 387 g/mol. The molecule has 0 radical (unpaired) electrons. The third-order valence-corrected chi connectivity index (χ3v) is 5.39. The molecular weight excluding hydrogens is 362 g/mol. The summed E-state index contributed by atoms with van der Waals surface area (Å²) >= 11 is 0. The van der Waals surface area contributed by atoms with Crippen LogP contribution < -0.4 is 0 Å². The minimum atomic E-state index is 0.0780. The first-order chi connectivity index (χ1) is 14.2. The van der Waals surface area contributed by atoms with E-state index in [1.807, 2.05) is 48.2 Å². The second-order valence-electron chi connectivity index (χ2n) is 7.35. The third kappa shape index (κ3) is 4.11. The number of likely N-dealkylation sites (tertiary alicyclic amines) is 1. The van der Waals surface area contributed by atoms with E-state index in [9.17, 15) is 4.79 Å². The van der Waals surface area contributed by atoms with Gasteiger partial charge in [0.2, 0.25) is 0 Å². The summed E-state index contributed by atoms with van der Waals surface area (Å²) in [7, 11) is 0. The largest absolute Gasteiger partial charge is 0.345 e. The van der Waals surface area contributed by atoms with Crippen molar-refractivity contribution < 1.29 is 4.79 Å². The van der Waals surface area contributed by atoms with Crippen LogP contribution >= 0.6 is 0 Å². The van der Waals surface area contributed by atoms with Gasteiger partial charge in [-0.25, -0.2) is 15.0 Å². The van der Waals surface area contributed by atoms with E-state index < -0.39 is 0 Å². The molecule has 0 bridgehead atoms. The van der Waals surface area contributed by atoms with E-state index in [0.717, 1.165) is 48.7 Å². The summed E-state index contributed by atoms with van der Waals surface area (Å²) < 4.78 is 0. The molecule has 2 aromatic heterocycles. The van der Waals surface area contributed by atoms with Gasteiger partial charge in [-0.3, -0.25) is 4.79 Å². The van der Waals surface area contributed by atoms with Gasteiger partial charge in [-0.15, -0.1) is 0 Å². The molecule has 1 aliphatic rings. The molecule has 3 heterocycles. The van der Waals surface area contributed by atoms with Gasteiger partial charge in [0, 0.05) is 48.2 Å². The van der Waals surface area contributed by atoms with Crippen LogP contribution in [0.15, 0.2) is 48.8 Å². The topological polar surface area (TPSA) is 74.8 Å². The lowest BCUT2D eigenvalue weighted by molar-refractivity contribution is 0.0711. The van der Waals surface area contributed by atoms with Crippen LogP contribution in [0.4, 0.5) is 0 Å². The zero-order chi connectivity index (χ0) is 20.2. The Balaban J connectivity index is 1.39. The molecule has 148 valence electrons. The van der Waals surface area contributed by atoms with Crippen molar-refractivity contribution in [2.45, 2.75) is 32.6 Å². The van der Waals surface area contributed by atoms with Crippen molar-refractivity contribution in [2.75, 3.05) is 13.1 Å². The Kier molecular flexibility index (Phi) is 5.51. The zero-order valence-corrected chi connectivity index (χ0v) is 16.8. The van der Waals surface area contributed by atoms with Gasteiger partial charge < -0.3 is 9.88 Å². The van der Waals surface area contributed by atoms with Crippen LogP contribution in [0.1, 0.15) is 53.3 Å². The molecule has 1 fully saturated rings. The fourth-order valence-electron chi connectivity index (χ4n) is 3.76. The zero-order valence-electron chi connectivity index (χ0n) is 16.8. The van der Waals surface area contributed by atoms with Crippen molar-refractivity contribution in [2.24, 2.45) is 0 Å². The van der Waals surface area contributed by atoms with E-state index >= 15 is 0 Å². The smallest absolute Gasteiger partial charge is 0.253 e. The second-order valence-corrected chi connectivity index (χ2v) is 7.35. The van der Waals surface area contributed by atoms with Gasteiger partial charge in [-0.05, 0) is 51.0 Å². The number of imidazole rings is 1. The van der Waals surface area contributed by atoms with Crippen molar-refractivity contribution in [1.29, 1.82) is 0 Å². The number of hydrogen-bond donors (Lipinski definition) is 1. The van der Waals surface area contributed by atoms with E-state index in [1.54, 1.807) is 18.5 Å². The van der Waals surface area contributed by atoms with Crippen LogP contribution in [0.3, 0.4) is 0 Å². The standard InChI is InChI=1S/C23H25N5O/c1-3-5-20-16(2)26-22(27-20)18-10-14-28(15-11-18)23(29)19-8-6-17(7-9-19)21-24-12-4-13-25-21/h3-9,12-13,18H,10-11,14-15H2,1-2H3,(H,26,27)/b5-3-. The van der Waals surface area contributed by atoms with Crippen LogP contribution in [-0.4, -0.2) is 43.8 Å². The molecule has 1 amide bonds. The number of carbonyl (C=O) groups is 1. The van der Waals surface area contributed by atoms with Gasteiger partial charge >= 0.3 is 0 Å². The number of carbonyl (C=O) groups excluding carboxylic acids is 1. The molecule has 0 saturated carbocycles. The first-order valence-electron chi connectivity index (χ1n) is 10.0. The van der Waals surface area contributed by atoms with E-state index in [1.165, 1.54) is 0 Å². The molecule has 0 spiro atoms. The van der Waals surface area contributed by atoms with Gasteiger partial charge in [0.1, 0.15) is 5.82 Å². The predicted molar refractivity (Wildman–Crippen MR) is 113 cm³/mol. The number of benzene rings is 1. The van der Waals surface area contributed by atoms with E-state index in [0.29, 0.717) is 17.3 Å². The Morgan fingerprint density at radius 2 is 1.83 bits per heavy atom. The third-order valence-electron chi connectivity index (χ3n) is 5.39. The monoisotopic (exact) mass is 387 g/mol. The lowest BCUT2D eigenvalue weighted by Crippen LogP contribution is -2.38. The summed E-state index contributed by atoms with van der Waals surface area (Å²) in [4.78, 5) is 31.5. The summed E-state index contributed by atoms with van der Waals surface area (Å²) in [5, 5.41) is 0. The number of nitrogens with one attached hydrogen (secondary N) is 1. The fraction of sp³-hybridized carbons (Fsp3) is 0.304. The Morgan fingerprint density at radius 1 is 1.14 bits per heavy atom. The first-order valence-corrected chi connectivity index (χ1v) is 10.0. The highest BCUT2D eigenvalue weighted by atomic mass is 16.2. The first kappa shape index (κ1) is 19.1. The van der Waals surface area contributed by atoms with Crippen molar-refractivity contribution in [1.82, 2.24) is 24.8 Å². The highest BCUT2D eigenvalue weighted by molar-refractivity contribution is 5.94. The lowest BCUT2D eigenvalue weighted by Gasteiger charge is -2.31. The number of aryl methyl sites for hydroxylation is 1. The van der Waals surface area contributed by atoms with Crippen LogP contribution in [-0.2, 0) is 0 Å². The number of H-pyrrole nitrogens is 1. The Labute approximate surface area is 170 Å². The van der Waals surface area contributed by atoms with Crippen molar-refractivity contribution in [3.63, 3.8) is 0 Å². The number of nitrogens with zero attached hydrogens (tertiary/aromatic N) is 4. The number of aromatic amines is 1. The molecule has 0 atom stereocenters. The van der Waals surface area contributed by atoms with E-state index in [-0.39, 0.29) is 5.91 Å².